The van der Waals surface area contributed by atoms with Crippen LogP contribution in [-0.4, -0.2) is 37.4 Å². The molecular formula is C20H23F3N2O3. The molecule has 1 atom stereocenters. The van der Waals surface area contributed by atoms with Gasteiger partial charge in [-0.15, -0.1) is 13.2 Å². The fourth-order valence-corrected chi connectivity index (χ4v) is 2.62. The van der Waals surface area contributed by atoms with Gasteiger partial charge in [0.2, 0.25) is 5.91 Å². The number of nitrogens with zero attached hydrogens (tertiary/aromatic N) is 1. The standard InChI is InChI=1S/C20H23F3N2O3/c1-13-9-10-18(27-4)16(11-13)24-19(26)14(2)25(3)12-15-7-5-6-8-17(15)28-20(21,22)23/h5-11,14H,12H2,1-4H3,(H,24,26). The molecule has 0 fully saturated rings. The Balaban J connectivity index is 2.10. The SMILES string of the molecule is COc1ccc(C)cc1NC(=O)C(C)N(C)Cc1ccccc1OC(F)(F)F. The van der Waals surface area contributed by atoms with Crippen LogP contribution in [0.3, 0.4) is 0 Å². The Morgan fingerprint density at radius 1 is 1.18 bits per heavy atom. The number of hydrogen-bond donors (Lipinski definition) is 1. The largest absolute Gasteiger partial charge is 0.573 e. The summed E-state index contributed by atoms with van der Waals surface area (Å²) in [5, 5.41) is 2.80. The number of methoxy groups -OCH3 is 1. The second-order valence-electron chi connectivity index (χ2n) is 6.44. The van der Waals surface area contributed by atoms with Gasteiger partial charge >= 0.3 is 6.36 Å². The third-order valence-electron chi connectivity index (χ3n) is 4.27. The summed E-state index contributed by atoms with van der Waals surface area (Å²) in [5.74, 6) is -0.0619. The number of amides is 1. The zero-order chi connectivity index (χ0) is 20.9. The van der Waals surface area contributed by atoms with Crippen molar-refractivity contribution in [3.8, 4) is 11.5 Å². The second-order valence-corrected chi connectivity index (χ2v) is 6.44. The van der Waals surface area contributed by atoms with Crippen molar-refractivity contribution in [2.24, 2.45) is 0 Å². The van der Waals surface area contributed by atoms with Gasteiger partial charge in [-0.25, -0.2) is 0 Å². The molecule has 0 aromatic heterocycles. The molecule has 0 bridgehead atoms. The number of hydrogen-bond acceptors (Lipinski definition) is 4. The zero-order valence-electron chi connectivity index (χ0n) is 16.1. The highest BCUT2D eigenvalue weighted by Gasteiger charge is 2.32. The van der Waals surface area contributed by atoms with Crippen LogP contribution in [-0.2, 0) is 11.3 Å². The molecule has 0 aliphatic rings. The third kappa shape index (κ3) is 5.88. The number of rotatable bonds is 7. The lowest BCUT2D eigenvalue weighted by Crippen LogP contribution is -2.39. The predicted molar refractivity (Wildman–Crippen MR) is 100 cm³/mol. The monoisotopic (exact) mass is 396 g/mol. The summed E-state index contributed by atoms with van der Waals surface area (Å²) in [4.78, 5) is 14.3. The number of carbonyl (C=O) groups is 1. The molecule has 1 N–H and O–H groups in total. The number of ether oxygens (including phenoxy) is 2. The summed E-state index contributed by atoms with van der Waals surface area (Å²) in [6.07, 6.45) is -4.78. The first-order chi connectivity index (χ1) is 13.1. The van der Waals surface area contributed by atoms with E-state index in [2.05, 4.69) is 10.1 Å². The molecule has 2 rings (SSSR count). The molecule has 0 saturated carbocycles. The number of carbonyl (C=O) groups excluding carboxylic acids is 1. The number of alkyl halides is 3. The van der Waals surface area contributed by atoms with E-state index in [1.54, 1.807) is 37.1 Å². The molecule has 0 heterocycles. The molecule has 0 aliphatic carbocycles. The first kappa shape index (κ1) is 21.6. The van der Waals surface area contributed by atoms with Crippen molar-refractivity contribution in [1.82, 2.24) is 4.90 Å². The summed E-state index contributed by atoms with van der Waals surface area (Å²) in [6, 6.07) is 10.7. The average Bonchev–Trinajstić information content (AvgIpc) is 2.61. The van der Waals surface area contributed by atoms with Gasteiger partial charge in [-0.05, 0) is 44.7 Å². The number of para-hydroxylation sites is 1. The molecular weight excluding hydrogens is 373 g/mol. The van der Waals surface area contributed by atoms with Crippen LogP contribution >= 0.6 is 0 Å². The predicted octanol–water partition coefficient (Wildman–Crippen LogP) is 4.36. The van der Waals surface area contributed by atoms with Crippen molar-refractivity contribution < 1.29 is 27.4 Å². The van der Waals surface area contributed by atoms with Gasteiger partial charge in [0.25, 0.3) is 0 Å². The highest BCUT2D eigenvalue weighted by atomic mass is 19.4. The van der Waals surface area contributed by atoms with Gasteiger partial charge < -0.3 is 14.8 Å². The maximum absolute atomic E-state index is 12.6. The minimum absolute atomic E-state index is 0.103. The van der Waals surface area contributed by atoms with E-state index >= 15 is 0 Å². The Morgan fingerprint density at radius 2 is 1.86 bits per heavy atom. The Labute approximate surface area is 162 Å². The normalized spacial score (nSPS) is 12.6. The summed E-state index contributed by atoms with van der Waals surface area (Å²) in [6.45, 7) is 3.67. The lowest BCUT2D eigenvalue weighted by Gasteiger charge is -2.25. The fourth-order valence-electron chi connectivity index (χ4n) is 2.62. The maximum Gasteiger partial charge on any atom is 0.573 e. The quantitative estimate of drug-likeness (QED) is 0.756. The molecule has 2 aromatic carbocycles. The lowest BCUT2D eigenvalue weighted by atomic mass is 10.1. The molecule has 2 aromatic rings. The molecule has 1 unspecified atom stereocenters. The van der Waals surface area contributed by atoms with Crippen LogP contribution in [0.4, 0.5) is 18.9 Å². The van der Waals surface area contributed by atoms with Crippen molar-refractivity contribution in [1.29, 1.82) is 0 Å². The maximum atomic E-state index is 12.6. The van der Waals surface area contributed by atoms with Gasteiger partial charge in [0.05, 0.1) is 18.8 Å². The number of benzene rings is 2. The van der Waals surface area contributed by atoms with Crippen molar-refractivity contribution in [2.75, 3.05) is 19.5 Å². The molecule has 1 amide bonds. The van der Waals surface area contributed by atoms with E-state index in [0.717, 1.165) is 5.56 Å². The topological polar surface area (TPSA) is 50.8 Å². The molecule has 28 heavy (non-hydrogen) atoms. The number of halogens is 3. The average molecular weight is 396 g/mol. The lowest BCUT2D eigenvalue weighted by molar-refractivity contribution is -0.275. The summed E-state index contributed by atoms with van der Waals surface area (Å²) < 4.78 is 47.1. The molecule has 152 valence electrons. The van der Waals surface area contributed by atoms with Gasteiger partial charge in [0.15, 0.2) is 0 Å². The van der Waals surface area contributed by atoms with Crippen LogP contribution in [0.15, 0.2) is 42.5 Å². The van der Waals surface area contributed by atoms with Crippen LogP contribution in [0.2, 0.25) is 0 Å². The second kappa shape index (κ2) is 8.97. The molecule has 5 nitrogen and oxygen atoms in total. The Hall–Kier alpha value is -2.74. The van der Waals surface area contributed by atoms with Gasteiger partial charge in [-0.1, -0.05) is 24.3 Å². The first-order valence-corrected chi connectivity index (χ1v) is 8.60. The first-order valence-electron chi connectivity index (χ1n) is 8.60. The van der Waals surface area contributed by atoms with E-state index in [0.29, 0.717) is 17.0 Å². The summed E-state index contributed by atoms with van der Waals surface area (Å²) in [5.41, 5.74) is 1.82. The zero-order valence-corrected chi connectivity index (χ0v) is 16.1. The van der Waals surface area contributed by atoms with Gasteiger partial charge in [-0.2, -0.15) is 0 Å². The van der Waals surface area contributed by atoms with Gasteiger partial charge in [0.1, 0.15) is 11.5 Å². The Morgan fingerprint density at radius 3 is 2.50 bits per heavy atom. The third-order valence-corrected chi connectivity index (χ3v) is 4.27. The summed E-state index contributed by atoms with van der Waals surface area (Å²) in [7, 11) is 3.16. The van der Waals surface area contributed by atoms with E-state index < -0.39 is 12.4 Å². The van der Waals surface area contributed by atoms with Crippen LogP contribution in [0.1, 0.15) is 18.1 Å². The van der Waals surface area contributed by atoms with E-state index in [4.69, 9.17) is 4.74 Å². The van der Waals surface area contributed by atoms with E-state index in [1.165, 1.54) is 25.3 Å². The van der Waals surface area contributed by atoms with Crippen molar-refractivity contribution in [3.63, 3.8) is 0 Å². The minimum atomic E-state index is -4.78. The van der Waals surface area contributed by atoms with E-state index in [9.17, 15) is 18.0 Å². The van der Waals surface area contributed by atoms with Crippen molar-refractivity contribution >= 4 is 11.6 Å². The Kier molecular flexibility index (Phi) is 6.90. The summed E-state index contributed by atoms with van der Waals surface area (Å²) >= 11 is 0. The van der Waals surface area contributed by atoms with Crippen molar-refractivity contribution in [2.45, 2.75) is 32.8 Å². The van der Waals surface area contributed by atoms with Crippen LogP contribution in [0.25, 0.3) is 0 Å². The number of likely N-dealkylation sites (N-methyl/N-ethyl adjacent to an activating group) is 1. The highest BCUT2D eigenvalue weighted by Crippen LogP contribution is 2.28. The minimum Gasteiger partial charge on any atom is -0.495 e. The van der Waals surface area contributed by atoms with Crippen LogP contribution < -0.4 is 14.8 Å². The van der Waals surface area contributed by atoms with E-state index in [-0.39, 0.29) is 18.2 Å². The number of nitrogens with one attached hydrogen (secondary N) is 1. The van der Waals surface area contributed by atoms with Crippen LogP contribution in [0.5, 0.6) is 11.5 Å². The van der Waals surface area contributed by atoms with Gasteiger partial charge in [0, 0.05) is 12.1 Å². The molecule has 8 heteroatoms. The molecule has 0 saturated heterocycles. The number of aryl methyl sites for hydroxylation is 1. The van der Waals surface area contributed by atoms with Gasteiger partial charge in [-0.3, -0.25) is 9.69 Å². The molecule has 0 aliphatic heterocycles. The Bertz CT molecular complexity index is 825. The number of anilines is 1. The van der Waals surface area contributed by atoms with Crippen LogP contribution in [0, 0.1) is 6.92 Å². The van der Waals surface area contributed by atoms with E-state index in [1.807, 2.05) is 13.0 Å². The molecule has 0 spiro atoms. The fraction of sp³-hybridized carbons (Fsp3) is 0.350. The molecule has 0 radical (unpaired) electrons. The smallest absolute Gasteiger partial charge is 0.495 e. The van der Waals surface area contributed by atoms with Crippen molar-refractivity contribution in [3.05, 3.63) is 53.6 Å². The highest BCUT2D eigenvalue weighted by molar-refractivity contribution is 5.95.